The maximum atomic E-state index is 13.0. The van der Waals surface area contributed by atoms with E-state index in [0.717, 1.165) is 5.56 Å². The number of sulfonamides is 1. The summed E-state index contributed by atoms with van der Waals surface area (Å²) in [6.45, 7) is 6.32. The summed E-state index contributed by atoms with van der Waals surface area (Å²) < 4.78 is 39.6. The molecule has 0 spiro atoms. The van der Waals surface area contributed by atoms with E-state index >= 15 is 0 Å². The van der Waals surface area contributed by atoms with Gasteiger partial charge in [0, 0.05) is 23.2 Å². The normalized spacial score (nSPS) is 14.8. The summed E-state index contributed by atoms with van der Waals surface area (Å²) in [5.74, 6) is 0.140. The Kier molecular flexibility index (Phi) is 6.90. The number of benzene rings is 2. The highest BCUT2D eigenvalue weighted by Crippen LogP contribution is 2.32. The first-order chi connectivity index (χ1) is 14.2. The second kappa shape index (κ2) is 9.24. The van der Waals surface area contributed by atoms with Crippen molar-refractivity contribution in [2.45, 2.75) is 38.1 Å². The lowest BCUT2D eigenvalue weighted by Gasteiger charge is -2.22. The number of rotatable bonds is 6. The molecule has 9 heteroatoms. The third-order valence-electron chi connectivity index (χ3n) is 4.71. The molecule has 162 valence electrons. The van der Waals surface area contributed by atoms with Crippen molar-refractivity contribution in [3.63, 3.8) is 0 Å². The van der Waals surface area contributed by atoms with Crippen LogP contribution in [0.2, 0.25) is 5.02 Å². The van der Waals surface area contributed by atoms with Crippen molar-refractivity contribution >= 4 is 33.2 Å². The number of ether oxygens (including phenoxy) is 2. The number of halogens is 1. The molecule has 1 unspecified atom stereocenters. The van der Waals surface area contributed by atoms with Crippen molar-refractivity contribution in [3.05, 3.63) is 47.0 Å². The molecule has 3 rings (SSSR count). The fourth-order valence-corrected chi connectivity index (χ4v) is 4.60. The molecule has 0 aromatic heterocycles. The van der Waals surface area contributed by atoms with Crippen molar-refractivity contribution in [1.29, 1.82) is 0 Å². The number of nitrogens with one attached hydrogen (secondary N) is 2. The second-order valence-electron chi connectivity index (χ2n) is 7.45. The first kappa shape index (κ1) is 22.4. The van der Waals surface area contributed by atoms with Crippen LogP contribution in [0.1, 0.15) is 25.8 Å². The van der Waals surface area contributed by atoms with Crippen molar-refractivity contribution in [3.8, 4) is 11.5 Å². The van der Waals surface area contributed by atoms with Gasteiger partial charge < -0.3 is 14.8 Å². The lowest BCUT2D eigenvalue weighted by Crippen LogP contribution is -2.47. The number of hydrogen-bond donors (Lipinski definition) is 2. The highest BCUT2D eigenvalue weighted by molar-refractivity contribution is 7.89. The van der Waals surface area contributed by atoms with Crippen LogP contribution in [0.25, 0.3) is 0 Å². The average Bonchev–Trinajstić information content (AvgIpc) is 2.93. The molecule has 1 amide bonds. The molecular weight excluding hydrogens is 428 g/mol. The fraction of sp³-hybridized carbons (Fsp3) is 0.381. The van der Waals surface area contributed by atoms with Crippen LogP contribution in [0.3, 0.4) is 0 Å². The number of carbonyl (C=O) groups is 1. The van der Waals surface area contributed by atoms with Gasteiger partial charge in [-0.05, 0) is 48.7 Å². The van der Waals surface area contributed by atoms with E-state index < -0.39 is 22.0 Å². The van der Waals surface area contributed by atoms with E-state index in [1.54, 1.807) is 38.1 Å². The predicted molar refractivity (Wildman–Crippen MR) is 116 cm³/mol. The molecule has 7 nitrogen and oxygen atoms in total. The number of anilines is 1. The van der Waals surface area contributed by atoms with Crippen molar-refractivity contribution < 1.29 is 22.7 Å². The van der Waals surface area contributed by atoms with Gasteiger partial charge in [0.25, 0.3) is 0 Å². The maximum absolute atomic E-state index is 13.0. The van der Waals surface area contributed by atoms with Gasteiger partial charge >= 0.3 is 0 Å². The molecule has 1 aliphatic rings. The first-order valence-corrected chi connectivity index (χ1v) is 11.5. The third kappa shape index (κ3) is 5.24. The number of fused-ring (bicyclic) bond motifs is 1. The Labute approximate surface area is 181 Å². The lowest BCUT2D eigenvalue weighted by atomic mass is 10.0. The molecule has 30 heavy (non-hydrogen) atoms. The summed E-state index contributed by atoms with van der Waals surface area (Å²) in [5.41, 5.74) is 1.36. The van der Waals surface area contributed by atoms with E-state index in [4.69, 9.17) is 21.1 Å². The zero-order chi connectivity index (χ0) is 21.9. The maximum Gasteiger partial charge on any atom is 0.242 e. The Balaban J connectivity index is 1.81. The van der Waals surface area contributed by atoms with Gasteiger partial charge in [0.2, 0.25) is 15.9 Å². The van der Waals surface area contributed by atoms with Gasteiger partial charge in [0.15, 0.2) is 11.5 Å². The van der Waals surface area contributed by atoms with Crippen LogP contribution in [-0.2, 0) is 14.8 Å². The molecule has 2 aromatic rings. The largest absolute Gasteiger partial charge is 0.490 e. The predicted octanol–water partition coefficient (Wildman–Crippen LogP) is 3.75. The molecule has 1 heterocycles. The topological polar surface area (TPSA) is 93.7 Å². The minimum absolute atomic E-state index is 0.00729. The fourth-order valence-electron chi connectivity index (χ4n) is 3.02. The lowest BCUT2D eigenvalue weighted by molar-refractivity contribution is -0.118. The highest BCUT2D eigenvalue weighted by atomic mass is 35.5. The minimum Gasteiger partial charge on any atom is -0.490 e. The molecule has 0 bridgehead atoms. The molecule has 2 aromatic carbocycles. The van der Waals surface area contributed by atoms with Gasteiger partial charge in [-0.25, -0.2) is 8.42 Å². The number of hydrogen-bond acceptors (Lipinski definition) is 5. The van der Waals surface area contributed by atoms with Crippen LogP contribution in [0, 0.1) is 12.8 Å². The molecular formula is C21H25ClN2O5S. The number of carbonyl (C=O) groups excluding carboxylic acids is 1. The monoisotopic (exact) mass is 452 g/mol. The summed E-state index contributed by atoms with van der Waals surface area (Å²) in [4.78, 5) is 12.9. The Bertz CT molecular complexity index is 1040. The van der Waals surface area contributed by atoms with Crippen LogP contribution in [-0.4, -0.2) is 33.6 Å². The standard InChI is InChI=1S/C21H25ClN2O5S/c1-13(2)20(21(25)23-17-7-5-15(22)11-14(17)3)24-30(26,27)16-6-8-18-19(12-16)29-10-4-9-28-18/h5-8,11-13,20,24H,4,9-10H2,1-3H3,(H,23,25). The van der Waals surface area contributed by atoms with E-state index in [0.29, 0.717) is 41.8 Å². The Morgan fingerprint density at radius 1 is 1.07 bits per heavy atom. The molecule has 0 saturated heterocycles. The van der Waals surface area contributed by atoms with Crippen molar-refractivity contribution in [2.75, 3.05) is 18.5 Å². The zero-order valence-electron chi connectivity index (χ0n) is 17.1. The number of amides is 1. The highest BCUT2D eigenvalue weighted by Gasteiger charge is 2.29. The Morgan fingerprint density at radius 3 is 2.43 bits per heavy atom. The summed E-state index contributed by atoms with van der Waals surface area (Å²) >= 11 is 5.96. The quantitative estimate of drug-likeness (QED) is 0.696. The van der Waals surface area contributed by atoms with Crippen LogP contribution in [0.15, 0.2) is 41.3 Å². The van der Waals surface area contributed by atoms with Crippen molar-refractivity contribution in [2.24, 2.45) is 5.92 Å². The average molecular weight is 453 g/mol. The molecule has 2 N–H and O–H groups in total. The molecule has 1 aliphatic heterocycles. The number of aryl methyl sites for hydroxylation is 1. The third-order valence-corrected chi connectivity index (χ3v) is 6.38. The SMILES string of the molecule is Cc1cc(Cl)ccc1NC(=O)C(NS(=O)(=O)c1ccc2c(c1)OCCCO2)C(C)C. The summed E-state index contributed by atoms with van der Waals surface area (Å²) in [5, 5.41) is 3.34. The Hall–Kier alpha value is -2.29. The van der Waals surface area contributed by atoms with E-state index in [9.17, 15) is 13.2 Å². The smallest absolute Gasteiger partial charge is 0.242 e. The van der Waals surface area contributed by atoms with Crippen LogP contribution in [0.4, 0.5) is 5.69 Å². The second-order valence-corrected chi connectivity index (χ2v) is 9.60. The van der Waals surface area contributed by atoms with E-state index in [-0.39, 0.29) is 10.8 Å². The molecule has 1 atom stereocenters. The summed E-state index contributed by atoms with van der Waals surface area (Å²) in [6, 6.07) is 8.53. The summed E-state index contributed by atoms with van der Waals surface area (Å²) in [7, 11) is -3.97. The zero-order valence-corrected chi connectivity index (χ0v) is 18.6. The molecule has 0 aliphatic carbocycles. The molecule has 0 radical (unpaired) electrons. The van der Waals surface area contributed by atoms with Gasteiger partial charge in [-0.3, -0.25) is 4.79 Å². The van der Waals surface area contributed by atoms with Gasteiger partial charge in [0.1, 0.15) is 6.04 Å². The molecule has 0 saturated carbocycles. The minimum atomic E-state index is -3.97. The summed E-state index contributed by atoms with van der Waals surface area (Å²) in [6.07, 6.45) is 0.717. The van der Waals surface area contributed by atoms with Gasteiger partial charge in [-0.2, -0.15) is 4.72 Å². The van der Waals surface area contributed by atoms with Crippen LogP contribution >= 0.6 is 11.6 Å². The Morgan fingerprint density at radius 2 is 1.77 bits per heavy atom. The van der Waals surface area contributed by atoms with Crippen LogP contribution < -0.4 is 19.5 Å². The van der Waals surface area contributed by atoms with E-state index in [2.05, 4.69) is 10.0 Å². The van der Waals surface area contributed by atoms with Crippen molar-refractivity contribution in [1.82, 2.24) is 4.72 Å². The van der Waals surface area contributed by atoms with E-state index in [1.807, 2.05) is 6.92 Å². The molecule has 0 fully saturated rings. The van der Waals surface area contributed by atoms with Gasteiger partial charge in [-0.15, -0.1) is 0 Å². The van der Waals surface area contributed by atoms with Gasteiger partial charge in [0.05, 0.1) is 18.1 Å². The van der Waals surface area contributed by atoms with E-state index in [1.165, 1.54) is 12.1 Å². The van der Waals surface area contributed by atoms with Gasteiger partial charge in [-0.1, -0.05) is 25.4 Å². The van der Waals surface area contributed by atoms with Crippen LogP contribution in [0.5, 0.6) is 11.5 Å². The first-order valence-electron chi connectivity index (χ1n) is 9.66.